The highest BCUT2D eigenvalue weighted by Crippen LogP contribution is 2.31. The molecule has 1 aromatic carbocycles. The number of carbonyl (C=O) groups excluding carboxylic acids is 1. The molecule has 0 fully saturated rings. The van der Waals surface area contributed by atoms with Crippen LogP contribution in [0.4, 0.5) is 17.6 Å². The molecule has 1 amide bonds. The van der Waals surface area contributed by atoms with Gasteiger partial charge >= 0.3 is 6.18 Å². The number of alkyl halides is 3. The summed E-state index contributed by atoms with van der Waals surface area (Å²) in [6, 6.07) is 2.15. The second kappa shape index (κ2) is 5.80. The molecular weight excluding hydrogens is 308 g/mol. The molecule has 1 N–H and O–H groups in total. The third-order valence-electron chi connectivity index (χ3n) is 2.79. The minimum absolute atomic E-state index is 0.161. The fraction of sp³-hybridized carbons (Fsp3) is 0.231. The Bertz CT molecular complexity index is 666. The Hall–Kier alpha value is -1.96. The van der Waals surface area contributed by atoms with Crippen LogP contribution >= 0.6 is 11.3 Å². The van der Waals surface area contributed by atoms with Crippen molar-refractivity contribution < 1.29 is 22.4 Å². The van der Waals surface area contributed by atoms with Gasteiger partial charge in [-0.3, -0.25) is 4.79 Å². The SMILES string of the molecule is Cc1ncsc1CNC(=O)c1ccc(F)c(C(F)(F)F)c1. The van der Waals surface area contributed by atoms with Crippen molar-refractivity contribution >= 4 is 17.2 Å². The smallest absolute Gasteiger partial charge is 0.347 e. The van der Waals surface area contributed by atoms with E-state index in [2.05, 4.69) is 10.3 Å². The van der Waals surface area contributed by atoms with E-state index in [0.29, 0.717) is 12.1 Å². The minimum Gasteiger partial charge on any atom is -0.347 e. The summed E-state index contributed by atoms with van der Waals surface area (Å²) in [5.74, 6) is -2.11. The zero-order valence-corrected chi connectivity index (χ0v) is 11.6. The van der Waals surface area contributed by atoms with E-state index in [1.807, 2.05) is 0 Å². The van der Waals surface area contributed by atoms with E-state index < -0.39 is 23.5 Å². The number of halogens is 4. The van der Waals surface area contributed by atoms with Gasteiger partial charge in [-0.25, -0.2) is 9.37 Å². The Morgan fingerprint density at radius 1 is 1.38 bits per heavy atom. The molecule has 0 atom stereocenters. The number of amides is 1. The molecule has 0 spiro atoms. The number of nitrogens with zero attached hydrogens (tertiary/aromatic N) is 1. The topological polar surface area (TPSA) is 42.0 Å². The van der Waals surface area contributed by atoms with Gasteiger partial charge in [-0.1, -0.05) is 0 Å². The Morgan fingerprint density at radius 3 is 2.67 bits per heavy atom. The van der Waals surface area contributed by atoms with Crippen molar-refractivity contribution in [2.75, 3.05) is 0 Å². The summed E-state index contributed by atoms with van der Waals surface area (Å²) in [4.78, 5) is 16.6. The van der Waals surface area contributed by atoms with Crippen LogP contribution in [0.25, 0.3) is 0 Å². The van der Waals surface area contributed by atoms with Crippen molar-refractivity contribution in [1.82, 2.24) is 10.3 Å². The number of aromatic nitrogens is 1. The van der Waals surface area contributed by atoms with Crippen molar-refractivity contribution in [3.63, 3.8) is 0 Å². The first kappa shape index (κ1) is 15.4. The fourth-order valence-electron chi connectivity index (χ4n) is 1.64. The van der Waals surface area contributed by atoms with Gasteiger partial charge in [0.1, 0.15) is 5.82 Å². The van der Waals surface area contributed by atoms with E-state index >= 15 is 0 Å². The summed E-state index contributed by atoms with van der Waals surface area (Å²) in [6.45, 7) is 1.92. The van der Waals surface area contributed by atoms with Gasteiger partial charge in [-0.2, -0.15) is 13.2 Å². The predicted octanol–water partition coefficient (Wildman–Crippen LogP) is 3.54. The van der Waals surface area contributed by atoms with E-state index in [1.54, 1.807) is 12.4 Å². The number of carbonyl (C=O) groups is 1. The Kier molecular flexibility index (Phi) is 4.26. The molecule has 3 nitrogen and oxygen atoms in total. The molecule has 112 valence electrons. The van der Waals surface area contributed by atoms with Crippen LogP contribution in [0, 0.1) is 12.7 Å². The number of benzene rings is 1. The lowest BCUT2D eigenvalue weighted by Gasteiger charge is -2.10. The molecule has 0 aliphatic heterocycles. The highest BCUT2D eigenvalue weighted by atomic mass is 32.1. The molecule has 0 radical (unpaired) electrons. The van der Waals surface area contributed by atoms with Crippen molar-refractivity contribution in [1.29, 1.82) is 0 Å². The standard InChI is InChI=1S/C13H10F4N2OS/c1-7-11(21-6-19-7)5-18-12(20)8-2-3-10(14)9(4-8)13(15,16)17/h2-4,6H,5H2,1H3,(H,18,20). The van der Waals surface area contributed by atoms with E-state index in [4.69, 9.17) is 0 Å². The van der Waals surface area contributed by atoms with Crippen LogP contribution in [0.3, 0.4) is 0 Å². The zero-order chi connectivity index (χ0) is 15.6. The molecule has 0 aliphatic rings. The summed E-state index contributed by atoms with van der Waals surface area (Å²) >= 11 is 1.33. The maximum atomic E-state index is 13.1. The molecule has 8 heteroatoms. The van der Waals surface area contributed by atoms with Crippen molar-refractivity contribution in [2.45, 2.75) is 19.6 Å². The van der Waals surface area contributed by atoms with E-state index in [0.717, 1.165) is 16.6 Å². The maximum Gasteiger partial charge on any atom is 0.419 e. The maximum absolute atomic E-state index is 13.1. The average Bonchev–Trinajstić information content (AvgIpc) is 2.80. The summed E-state index contributed by atoms with van der Waals surface area (Å²) in [5, 5.41) is 2.48. The van der Waals surface area contributed by atoms with Gasteiger partial charge in [0.2, 0.25) is 0 Å². The van der Waals surface area contributed by atoms with Crippen molar-refractivity contribution in [2.24, 2.45) is 0 Å². The Labute approximate surface area is 121 Å². The second-order valence-corrected chi connectivity index (χ2v) is 5.18. The number of aryl methyl sites for hydroxylation is 1. The first-order valence-corrected chi connectivity index (χ1v) is 6.71. The second-order valence-electron chi connectivity index (χ2n) is 4.24. The van der Waals surface area contributed by atoms with Crippen LogP contribution in [0.5, 0.6) is 0 Å². The number of rotatable bonds is 3. The third kappa shape index (κ3) is 3.57. The van der Waals surface area contributed by atoms with Gasteiger partial charge in [0.05, 0.1) is 23.3 Å². The number of thiazole rings is 1. The van der Waals surface area contributed by atoms with Gasteiger partial charge < -0.3 is 5.32 Å². The molecule has 0 saturated carbocycles. The number of hydrogen-bond acceptors (Lipinski definition) is 3. The Balaban J connectivity index is 2.15. The van der Waals surface area contributed by atoms with Gasteiger partial charge in [0.15, 0.2) is 0 Å². The fourth-order valence-corrected chi connectivity index (χ4v) is 2.36. The molecule has 2 aromatic rings. The molecule has 21 heavy (non-hydrogen) atoms. The lowest BCUT2D eigenvalue weighted by atomic mass is 10.1. The van der Waals surface area contributed by atoms with Gasteiger partial charge in [-0.05, 0) is 25.1 Å². The highest BCUT2D eigenvalue weighted by Gasteiger charge is 2.34. The van der Waals surface area contributed by atoms with Crippen LogP contribution in [-0.4, -0.2) is 10.9 Å². The number of hydrogen-bond donors (Lipinski definition) is 1. The first-order chi connectivity index (χ1) is 9.79. The molecular formula is C13H10F4N2OS. The highest BCUT2D eigenvalue weighted by molar-refractivity contribution is 7.09. The zero-order valence-electron chi connectivity index (χ0n) is 10.8. The molecule has 0 bridgehead atoms. The molecule has 2 rings (SSSR count). The largest absolute Gasteiger partial charge is 0.419 e. The van der Waals surface area contributed by atoms with Crippen LogP contribution in [0.1, 0.15) is 26.5 Å². The third-order valence-corrected chi connectivity index (χ3v) is 3.72. The van der Waals surface area contributed by atoms with Crippen LogP contribution < -0.4 is 5.32 Å². The van der Waals surface area contributed by atoms with Crippen LogP contribution in [-0.2, 0) is 12.7 Å². The van der Waals surface area contributed by atoms with Crippen LogP contribution in [0.15, 0.2) is 23.7 Å². The average molecular weight is 318 g/mol. The van der Waals surface area contributed by atoms with E-state index in [9.17, 15) is 22.4 Å². The molecule has 0 unspecified atom stereocenters. The minimum atomic E-state index is -4.84. The van der Waals surface area contributed by atoms with Crippen molar-refractivity contribution in [3.05, 3.63) is 51.2 Å². The molecule has 1 aromatic heterocycles. The quantitative estimate of drug-likeness (QED) is 0.880. The van der Waals surface area contributed by atoms with Gasteiger partial charge in [0.25, 0.3) is 5.91 Å². The van der Waals surface area contributed by atoms with Crippen molar-refractivity contribution in [3.8, 4) is 0 Å². The van der Waals surface area contributed by atoms with Gasteiger partial charge in [0, 0.05) is 10.4 Å². The Morgan fingerprint density at radius 2 is 2.10 bits per heavy atom. The summed E-state index contributed by atoms with van der Waals surface area (Å²) in [7, 11) is 0. The first-order valence-electron chi connectivity index (χ1n) is 5.83. The predicted molar refractivity (Wildman–Crippen MR) is 69.4 cm³/mol. The summed E-state index contributed by atoms with van der Waals surface area (Å²) in [6.07, 6.45) is -4.84. The summed E-state index contributed by atoms with van der Waals surface area (Å²) in [5.41, 5.74) is 0.654. The lowest BCUT2D eigenvalue weighted by Crippen LogP contribution is -2.23. The van der Waals surface area contributed by atoms with Gasteiger partial charge in [-0.15, -0.1) is 11.3 Å². The normalized spacial score (nSPS) is 11.5. The van der Waals surface area contributed by atoms with E-state index in [1.165, 1.54) is 11.3 Å². The number of nitrogens with one attached hydrogen (secondary N) is 1. The molecule has 0 aliphatic carbocycles. The summed E-state index contributed by atoms with van der Waals surface area (Å²) < 4.78 is 50.9. The van der Waals surface area contributed by atoms with E-state index in [-0.39, 0.29) is 12.1 Å². The monoisotopic (exact) mass is 318 g/mol. The molecule has 1 heterocycles. The van der Waals surface area contributed by atoms with Crippen LogP contribution in [0.2, 0.25) is 0 Å². The lowest BCUT2D eigenvalue weighted by molar-refractivity contribution is -0.140. The molecule has 0 saturated heterocycles.